The number of methoxy groups -OCH3 is 1. The standard InChI is InChI=1S/C28H29ClN2O3/c1-28(2,3)19-5-7-20(8-6-19)31-21-9-11-22(12-10-21)34-25-13-15-30-24-18-27(33-16-14-29)26(32-4)17-23(24)25/h5-13,15,17-18,31H,14,16H2,1-4H3. The molecule has 4 aromatic rings. The lowest BCUT2D eigenvalue weighted by Gasteiger charge is -2.19. The summed E-state index contributed by atoms with van der Waals surface area (Å²) in [6.45, 7) is 7.03. The third-order valence-corrected chi connectivity index (χ3v) is 5.60. The average Bonchev–Trinajstić information content (AvgIpc) is 2.83. The number of rotatable bonds is 8. The summed E-state index contributed by atoms with van der Waals surface area (Å²) in [6, 6.07) is 21.9. The average molecular weight is 477 g/mol. The monoisotopic (exact) mass is 476 g/mol. The number of fused-ring (bicyclic) bond motifs is 1. The fourth-order valence-electron chi connectivity index (χ4n) is 3.59. The van der Waals surface area contributed by atoms with Crippen LogP contribution in [0.25, 0.3) is 10.9 Å². The highest BCUT2D eigenvalue weighted by molar-refractivity contribution is 6.18. The lowest BCUT2D eigenvalue weighted by molar-refractivity contribution is 0.313. The molecule has 0 saturated carbocycles. The fraction of sp³-hybridized carbons (Fsp3) is 0.250. The number of anilines is 2. The molecule has 1 heterocycles. The first kappa shape index (κ1) is 23.7. The molecule has 0 aliphatic carbocycles. The van der Waals surface area contributed by atoms with Crippen molar-refractivity contribution in [3.8, 4) is 23.0 Å². The zero-order chi connectivity index (χ0) is 24.1. The van der Waals surface area contributed by atoms with Gasteiger partial charge < -0.3 is 19.5 Å². The normalized spacial score (nSPS) is 11.3. The maximum atomic E-state index is 6.19. The third kappa shape index (κ3) is 5.54. The van der Waals surface area contributed by atoms with Gasteiger partial charge in [-0.1, -0.05) is 32.9 Å². The van der Waals surface area contributed by atoms with Crippen molar-refractivity contribution in [2.45, 2.75) is 26.2 Å². The van der Waals surface area contributed by atoms with Crippen LogP contribution in [0.1, 0.15) is 26.3 Å². The maximum Gasteiger partial charge on any atom is 0.163 e. The molecular weight excluding hydrogens is 448 g/mol. The summed E-state index contributed by atoms with van der Waals surface area (Å²) in [4.78, 5) is 4.45. The lowest BCUT2D eigenvalue weighted by atomic mass is 9.87. The van der Waals surface area contributed by atoms with Crippen molar-refractivity contribution in [2.75, 3.05) is 24.9 Å². The summed E-state index contributed by atoms with van der Waals surface area (Å²) < 4.78 is 17.4. The molecule has 0 radical (unpaired) electrons. The molecule has 0 unspecified atom stereocenters. The number of aromatic nitrogens is 1. The largest absolute Gasteiger partial charge is 0.493 e. The first-order valence-electron chi connectivity index (χ1n) is 11.2. The minimum Gasteiger partial charge on any atom is -0.493 e. The van der Waals surface area contributed by atoms with Gasteiger partial charge in [0.25, 0.3) is 0 Å². The highest BCUT2D eigenvalue weighted by Gasteiger charge is 2.14. The smallest absolute Gasteiger partial charge is 0.163 e. The van der Waals surface area contributed by atoms with Crippen LogP contribution in [0, 0.1) is 0 Å². The lowest BCUT2D eigenvalue weighted by Crippen LogP contribution is -2.10. The second-order valence-corrected chi connectivity index (χ2v) is 9.32. The molecular formula is C28H29ClN2O3. The van der Waals surface area contributed by atoms with Crippen molar-refractivity contribution >= 4 is 33.9 Å². The van der Waals surface area contributed by atoms with E-state index in [9.17, 15) is 0 Å². The van der Waals surface area contributed by atoms with E-state index in [-0.39, 0.29) is 5.41 Å². The minimum atomic E-state index is 0.136. The Morgan fingerprint density at radius 3 is 2.15 bits per heavy atom. The van der Waals surface area contributed by atoms with Crippen molar-refractivity contribution in [3.63, 3.8) is 0 Å². The highest BCUT2D eigenvalue weighted by Crippen LogP contribution is 2.37. The van der Waals surface area contributed by atoms with Gasteiger partial charge in [0, 0.05) is 29.0 Å². The summed E-state index contributed by atoms with van der Waals surface area (Å²) in [5, 5.41) is 4.27. The summed E-state index contributed by atoms with van der Waals surface area (Å²) in [5.41, 5.74) is 4.22. The molecule has 3 aromatic carbocycles. The van der Waals surface area contributed by atoms with Gasteiger partial charge in [0.2, 0.25) is 0 Å². The van der Waals surface area contributed by atoms with Crippen molar-refractivity contribution in [1.82, 2.24) is 4.98 Å². The fourth-order valence-corrected chi connectivity index (χ4v) is 3.67. The zero-order valence-corrected chi connectivity index (χ0v) is 20.6. The zero-order valence-electron chi connectivity index (χ0n) is 19.9. The van der Waals surface area contributed by atoms with Gasteiger partial charge in [-0.2, -0.15) is 0 Å². The molecule has 176 valence electrons. The number of benzene rings is 3. The molecule has 34 heavy (non-hydrogen) atoms. The molecule has 4 rings (SSSR count). The van der Waals surface area contributed by atoms with Crippen molar-refractivity contribution in [2.24, 2.45) is 0 Å². The third-order valence-electron chi connectivity index (χ3n) is 5.44. The van der Waals surface area contributed by atoms with Crippen LogP contribution in [0.3, 0.4) is 0 Å². The van der Waals surface area contributed by atoms with E-state index in [1.165, 1.54) is 5.56 Å². The molecule has 0 saturated heterocycles. The van der Waals surface area contributed by atoms with Crippen LogP contribution in [0.4, 0.5) is 11.4 Å². The van der Waals surface area contributed by atoms with Gasteiger partial charge in [-0.25, -0.2) is 0 Å². The van der Waals surface area contributed by atoms with Gasteiger partial charge in [-0.3, -0.25) is 4.98 Å². The second-order valence-electron chi connectivity index (χ2n) is 8.95. The van der Waals surface area contributed by atoms with E-state index in [0.29, 0.717) is 29.7 Å². The number of alkyl halides is 1. The maximum absolute atomic E-state index is 6.19. The van der Waals surface area contributed by atoms with Crippen LogP contribution in [0.15, 0.2) is 72.9 Å². The number of ether oxygens (including phenoxy) is 3. The molecule has 0 amide bonds. The summed E-state index contributed by atoms with van der Waals surface area (Å²) >= 11 is 5.75. The molecule has 6 heteroatoms. The van der Waals surface area contributed by atoms with E-state index in [0.717, 1.165) is 28.0 Å². The Bertz CT molecular complexity index is 1250. The minimum absolute atomic E-state index is 0.136. The summed E-state index contributed by atoms with van der Waals surface area (Å²) in [5.74, 6) is 3.01. The van der Waals surface area contributed by atoms with Crippen molar-refractivity contribution in [3.05, 3.63) is 78.5 Å². The van der Waals surface area contributed by atoms with Gasteiger partial charge in [0.15, 0.2) is 11.5 Å². The van der Waals surface area contributed by atoms with Gasteiger partial charge in [-0.05, 0) is 59.5 Å². The molecule has 5 nitrogen and oxygen atoms in total. The van der Waals surface area contributed by atoms with Crippen LogP contribution in [0.5, 0.6) is 23.0 Å². The Balaban J connectivity index is 1.51. The van der Waals surface area contributed by atoms with E-state index < -0.39 is 0 Å². The number of pyridine rings is 1. The van der Waals surface area contributed by atoms with Gasteiger partial charge in [0.05, 0.1) is 18.5 Å². The molecule has 0 aliphatic rings. The molecule has 0 spiro atoms. The quantitative estimate of drug-likeness (QED) is 0.264. The SMILES string of the molecule is COc1cc2c(Oc3ccc(Nc4ccc(C(C)(C)C)cc4)cc3)ccnc2cc1OCCCl. The predicted molar refractivity (Wildman–Crippen MR) is 139 cm³/mol. The number of hydrogen-bond donors (Lipinski definition) is 1. The van der Waals surface area contributed by atoms with E-state index in [1.54, 1.807) is 13.3 Å². The van der Waals surface area contributed by atoms with Crippen molar-refractivity contribution in [1.29, 1.82) is 0 Å². The second kappa shape index (κ2) is 10.2. The first-order chi connectivity index (χ1) is 16.4. The van der Waals surface area contributed by atoms with Crippen molar-refractivity contribution < 1.29 is 14.2 Å². The van der Waals surface area contributed by atoms with Gasteiger partial charge in [-0.15, -0.1) is 11.6 Å². The molecule has 1 aromatic heterocycles. The Labute approximate surface area is 205 Å². The van der Waals surface area contributed by atoms with Gasteiger partial charge in [0.1, 0.15) is 18.1 Å². The number of halogens is 1. The number of hydrogen-bond acceptors (Lipinski definition) is 5. The molecule has 0 aliphatic heterocycles. The number of nitrogens with one attached hydrogen (secondary N) is 1. The van der Waals surface area contributed by atoms with Crippen LogP contribution < -0.4 is 19.5 Å². The van der Waals surface area contributed by atoms with Crippen LogP contribution in [-0.2, 0) is 5.41 Å². The Morgan fingerprint density at radius 1 is 0.853 bits per heavy atom. The Morgan fingerprint density at radius 2 is 1.53 bits per heavy atom. The van der Waals surface area contributed by atoms with Gasteiger partial charge >= 0.3 is 0 Å². The Kier molecular flexibility index (Phi) is 7.13. The predicted octanol–water partition coefficient (Wildman–Crippen LogP) is 7.69. The summed E-state index contributed by atoms with van der Waals surface area (Å²) in [7, 11) is 1.61. The Hall–Kier alpha value is -3.44. The molecule has 0 fully saturated rings. The van der Waals surface area contributed by atoms with E-state index in [1.807, 2.05) is 42.5 Å². The summed E-state index contributed by atoms with van der Waals surface area (Å²) in [6.07, 6.45) is 1.71. The number of nitrogens with zero attached hydrogens (tertiary/aromatic N) is 1. The van der Waals surface area contributed by atoms with E-state index in [4.69, 9.17) is 25.8 Å². The van der Waals surface area contributed by atoms with Crippen LogP contribution in [-0.4, -0.2) is 24.6 Å². The van der Waals surface area contributed by atoms with Crippen LogP contribution in [0.2, 0.25) is 0 Å². The van der Waals surface area contributed by atoms with E-state index >= 15 is 0 Å². The highest BCUT2D eigenvalue weighted by atomic mass is 35.5. The topological polar surface area (TPSA) is 52.6 Å². The molecule has 0 bridgehead atoms. The molecule has 1 N–H and O–H groups in total. The van der Waals surface area contributed by atoms with Crippen LogP contribution >= 0.6 is 11.6 Å². The van der Waals surface area contributed by atoms with E-state index in [2.05, 4.69) is 55.3 Å². The first-order valence-corrected chi connectivity index (χ1v) is 11.7. The molecule has 0 atom stereocenters.